The Balaban J connectivity index is 1.47. The summed E-state index contributed by atoms with van der Waals surface area (Å²) in [5.41, 5.74) is 3.55. The summed E-state index contributed by atoms with van der Waals surface area (Å²) in [5.74, 6) is 1.07. The fourth-order valence-electron chi connectivity index (χ4n) is 4.50. The van der Waals surface area contributed by atoms with Gasteiger partial charge in [-0.25, -0.2) is 14.8 Å². The first-order valence-corrected chi connectivity index (χ1v) is 11.1. The second-order valence-electron chi connectivity index (χ2n) is 7.88. The molecule has 1 atom stereocenters. The zero-order valence-electron chi connectivity index (χ0n) is 16.6. The minimum absolute atomic E-state index is 0.0706. The number of thiazole rings is 1. The van der Waals surface area contributed by atoms with Crippen LogP contribution in [0, 0.1) is 6.92 Å². The molecule has 0 bridgehead atoms. The van der Waals surface area contributed by atoms with Gasteiger partial charge in [-0.15, -0.1) is 11.3 Å². The lowest BCUT2D eigenvalue weighted by Gasteiger charge is -2.36. The SMILES string of the molecule is Cc1nc(Cn2ccnc2[C@@H]2CN(C(=O)N3CCCC3)Cc3ccccc32)cs1. The number of rotatable bonds is 3. The number of nitrogens with zero attached hydrogens (tertiary/aromatic N) is 5. The Morgan fingerprint density at radius 3 is 2.83 bits per heavy atom. The monoisotopic (exact) mass is 407 g/mol. The van der Waals surface area contributed by atoms with Crippen LogP contribution in [0.3, 0.4) is 0 Å². The number of carbonyl (C=O) groups excluding carboxylic acids is 1. The normalized spacial score (nSPS) is 18.9. The average molecular weight is 408 g/mol. The molecule has 29 heavy (non-hydrogen) atoms. The van der Waals surface area contributed by atoms with E-state index in [0.717, 1.165) is 42.5 Å². The van der Waals surface area contributed by atoms with Crippen molar-refractivity contribution in [3.8, 4) is 0 Å². The van der Waals surface area contributed by atoms with Gasteiger partial charge in [-0.1, -0.05) is 24.3 Å². The van der Waals surface area contributed by atoms with Gasteiger partial charge < -0.3 is 14.4 Å². The van der Waals surface area contributed by atoms with E-state index in [1.54, 1.807) is 11.3 Å². The third-order valence-electron chi connectivity index (χ3n) is 5.90. The summed E-state index contributed by atoms with van der Waals surface area (Å²) >= 11 is 1.67. The molecule has 6 nitrogen and oxygen atoms in total. The van der Waals surface area contributed by atoms with Crippen molar-refractivity contribution in [1.82, 2.24) is 24.3 Å². The summed E-state index contributed by atoms with van der Waals surface area (Å²) in [5, 5.41) is 3.18. The maximum Gasteiger partial charge on any atom is 0.320 e. The molecule has 0 unspecified atom stereocenters. The summed E-state index contributed by atoms with van der Waals surface area (Å²) in [6.07, 6.45) is 6.10. The number of imidazole rings is 1. The van der Waals surface area contributed by atoms with Crippen LogP contribution in [-0.2, 0) is 13.1 Å². The maximum absolute atomic E-state index is 13.1. The molecular formula is C22H25N5OS. The number of fused-ring (bicyclic) bond motifs is 1. The molecule has 1 saturated heterocycles. The van der Waals surface area contributed by atoms with Crippen LogP contribution in [-0.4, -0.2) is 50.0 Å². The van der Waals surface area contributed by atoms with Gasteiger partial charge in [0, 0.05) is 44.0 Å². The zero-order chi connectivity index (χ0) is 19.8. The van der Waals surface area contributed by atoms with Gasteiger partial charge >= 0.3 is 6.03 Å². The Kier molecular flexibility index (Phi) is 4.83. The smallest absolute Gasteiger partial charge is 0.320 e. The Hall–Kier alpha value is -2.67. The highest BCUT2D eigenvalue weighted by molar-refractivity contribution is 7.09. The van der Waals surface area contributed by atoms with Crippen molar-refractivity contribution in [1.29, 1.82) is 0 Å². The molecule has 2 aromatic heterocycles. The lowest BCUT2D eigenvalue weighted by Crippen LogP contribution is -2.45. The molecule has 7 heteroatoms. The van der Waals surface area contributed by atoms with Crippen molar-refractivity contribution in [2.24, 2.45) is 0 Å². The minimum atomic E-state index is 0.0706. The van der Waals surface area contributed by atoms with E-state index in [4.69, 9.17) is 4.98 Å². The molecule has 3 aromatic rings. The van der Waals surface area contributed by atoms with Crippen molar-refractivity contribution in [2.45, 2.75) is 38.8 Å². The van der Waals surface area contributed by atoms with Gasteiger partial charge in [-0.3, -0.25) is 0 Å². The van der Waals surface area contributed by atoms with E-state index in [0.29, 0.717) is 19.6 Å². The summed E-state index contributed by atoms with van der Waals surface area (Å²) in [6.45, 7) is 5.83. The number of benzene rings is 1. The Bertz CT molecular complexity index is 1020. The Morgan fingerprint density at radius 2 is 2.03 bits per heavy atom. The molecule has 150 valence electrons. The predicted molar refractivity (Wildman–Crippen MR) is 113 cm³/mol. The van der Waals surface area contributed by atoms with Crippen molar-refractivity contribution < 1.29 is 4.79 Å². The fraction of sp³-hybridized carbons (Fsp3) is 0.409. The van der Waals surface area contributed by atoms with E-state index >= 15 is 0 Å². The molecule has 0 spiro atoms. The number of hydrogen-bond donors (Lipinski definition) is 0. The third kappa shape index (κ3) is 3.55. The number of aromatic nitrogens is 3. The summed E-state index contributed by atoms with van der Waals surface area (Å²) in [6, 6.07) is 8.63. The lowest BCUT2D eigenvalue weighted by atomic mass is 9.89. The fourth-order valence-corrected chi connectivity index (χ4v) is 5.11. The summed E-state index contributed by atoms with van der Waals surface area (Å²) in [4.78, 5) is 26.5. The molecule has 1 fully saturated rings. The molecule has 1 aromatic carbocycles. The first-order valence-electron chi connectivity index (χ1n) is 10.2. The van der Waals surface area contributed by atoms with Crippen LogP contribution in [0.1, 0.15) is 46.4 Å². The van der Waals surface area contributed by atoms with Gasteiger partial charge in [-0.2, -0.15) is 0 Å². The first kappa shape index (κ1) is 18.4. The molecule has 2 aliphatic rings. The van der Waals surface area contributed by atoms with E-state index in [1.165, 1.54) is 11.1 Å². The van der Waals surface area contributed by atoms with Crippen LogP contribution < -0.4 is 0 Å². The topological polar surface area (TPSA) is 54.3 Å². The molecule has 4 heterocycles. The van der Waals surface area contributed by atoms with Gasteiger partial charge in [-0.05, 0) is 30.9 Å². The number of likely N-dealkylation sites (tertiary alicyclic amines) is 1. The number of hydrogen-bond acceptors (Lipinski definition) is 4. The van der Waals surface area contributed by atoms with Crippen molar-refractivity contribution in [2.75, 3.05) is 19.6 Å². The van der Waals surface area contributed by atoms with Gasteiger partial charge in [0.05, 0.1) is 23.2 Å². The van der Waals surface area contributed by atoms with Crippen LogP contribution in [0.25, 0.3) is 0 Å². The van der Waals surface area contributed by atoms with E-state index in [-0.39, 0.29) is 11.9 Å². The number of aryl methyl sites for hydroxylation is 1. The molecule has 5 rings (SSSR count). The average Bonchev–Trinajstić information content (AvgIpc) is 3.49. The Labute approximate surface area is 174 Å². The molecule has 0 saturated carbocycles. The largest absolute Gasteiger partial charge is 0.328 e. The quantitative estimate of drug-likeness (QED) is 0.662. The van der Waals surface area contributed by atoms with E-state index in [9.17, 15) is 4.79 Å². The molecule has 0 N–H and O–H groups in total. The molecule has 2 amide bonds. The minimum Gasteiger partial charge on any atom is -0.328 e. The second kappa shape index (κ2) is 7.63. The van der Waals surface area contributed by atoms with Gasteiger partial charge in [0.2, 0.25) is 0 Å². The van der Waals surface area contributed by atoms with E-state index in [2.05, 4.69) is 39.2 Å². The van der Waals surface area contributed by atoms with E-state index in [1.807, 2.05) is 29.1 Å². The predicted octanol–water partition coefficient (Wildman–Crippen LogP) is 3.86. The van der Waals surface area contributed by atoms with Crippen molar-refractivity contribution in [3.63, 3.8) is 0 Å². The summed E-state index contributed by atoms with van der Waals surface area (Å²) < 4.78 is 2.18. The second-order valence-corrected chi connectivity index (χ2v) is 8.94. The highest BCUT2D eigenvalue weighted by Gasteiger charge is 2.34. The van der Waals surface area contributed by atoms with Crippen LogP contribution in [0.2, 0.25) is 0 Å². The first-order chi connectivity index (χ1) is 14.2. The van der Waals surface area contributed by atoms with E-state index < -0.39 is 0 Å². The molecule has 0 aliphatic carbocycles. The molecule has 2 aliphatic heterocycles. The number of carbonyl (C=O) groups is 1. The van der Waals surface area contributed by atoms with Gasteiger partial charge in [0.15, 0.2) is 0 Å². The van der Waals surface area contributed by atoms with Gasteiger partial charge in [0.1, 0.15) is 5.82 Å². The lowest BCUT2D eigenvalue weighted by molar-refractivity contribution is 0.153. The van der Waals surface area contributed by atoms with Crippen molar-refractivity contribution in [3.05, 3.63) is 69.7 Å². The standard InChI is InChI=1S/C22H25N5OS/c1-16-24-18(15-29-16)13-26-11-8-23-21(26)20-14-27(22(28)25-9-4-5-10-25)12-17-6-2-3-7-19(17)20/h2-3,6-8,11,15,20H,4-5,9-10,12-14H2,1H3/t20-/m1/s1. The highest BCUT2D eigenvalue weighted by atomic mass is 32.1. The number of amides is 2. The zero-order valence-corrected chi connectivity index (χ0v) is 17.4. The number of urea groups is 1. The third-order valence-corrected chi connectivity index (χ3v) is 6.72. The highest BCUT2D eigenvalue weighted by Crippen LogP contribution is 2.33. The van der Waals surface area contributed by atoms with Crippen LogP contribution in [0.15, 0.2) is 42.0 Å². The Morgan fingerprint density at radius 1 is 1.21 bits per heavy atom. The molecular weight excluding hydrogens is 382 g/mol. The van der Waals surface area contributed by atoms with Crippen LogP contribution in [0.5, 0.6) is 0 Å². The van der Waals surface area contributed by atoms with Gasteiger partial charge in [0.25, 0.3) is 0 Å². The summed E-state index contributed by atoms with van der Waals surface area (Å²) in [7, 11) is 0. The van der Waals surface area contributed by atoms with Crippen LogP contribution >= 0.6 is 11.3 Å². The molecule has 0 radical (unpaired) electrons. The van der Waals surface area contributed by atoms with Crippen molar-refractivity contribution >= 4 is 17.4 Å². The van der Waals surface area contributed by atoms with Crippen LogP contribution in [0.4, 0.5) is 4.79 Å². The maximum atomic E-state index is 13.1.